The third-order valence-corrected chi connectivity index (χ3v) is 12.4. The summed E-state index contributed by atoms with van der Waals surface area (Å²) >= 11 is 0. The molecule has 8 aliphatic rings. The first-order valence-corrected chi connectivity index (χ1v) is 18.6. The number of carbonyl (C=O) groups is 4. The van der Waals surface area contributed by atoms with E-state index in [0.29, 0.717) is 6.10 Å². The van der Waals surface area contributed by atoms with Gasteiger partial charge in [0, 0.05) is 0 Å². The lowest BCUT2D eigenvalue weighted by Crippen LogP contribution is -2.57. The number of epoxide rings is 4. The van der Waals surface area contributed by atoms with Gasteiger partial charge in [0.15, 0.2) is 0 Å². The predicted molar refractivity (Wildman–Crippen MR) is 164 cm³/mol. The molecule has 48 heavy (non-hydrogen) atoms. The van der Waals surface area contributed by atoms with Gasteiger partial charge < -0.3 is 37.9 Å². The number of hydrogen-bond donors (Lipinski definition) is 0. The first kappa shape index (κ1) is 32.9. The van der Waals surface area contributed by atoms with Crippen molar-refractivity contribution in [3.05, 3.63) is 0 Å². The Morgan fingerprint density at radius 2 is 0.812 bits per heavy atom. The van der Waals surface area contributed by atoms with E-state index in [1.807, 2.05) is 0 Å². The van der Waals surface area contributed by atoms with Crippen molar-refractivity contribution in [3.8, 4) is 0 Å². The van der Waals surface area contributed by atoms with Crippen LogP contribution in [0, 0.1) is 35.0 Å². The van der Waals surface area contributed by atoms with Gasteiger partial charge in [-0.25, -0.2) is 0 Å². The smallest absolute Gasteiger partial charge is 0.336 e. The fourth-order valence-corrected chi connectivity index (χ4v) is 9.10. The molecule has 12 heteroatoms. The standard InChI is InChI=1S/C36H50O12/c1-2-23(32(37)41-15-19-3-7-24-28(11-19)45-24)36(33(38)42-16-20-4-8-25-29(12-20)46-25,34(39)43-17-21-5-9-26-30(13-21)47-26)35(40)44-18-22-6-10-27-31(14-22)48-27/h19-31H,2-18H2,1H3. The molecule has 4 aliphatic heterocycles. The summed E-state index contributed by atoms with van der Waals surface area (Å²) < 4.78 is 46.1. The van der Waals surface area contributed by atoms with Crippen molar-refractivity contribution in [2.24, 2.45) is 35.0 Å². The molecule has 0 bridgehead atoms. The normalized spacial score (nSPS) is 41.8. The maximum atomic E-state index is 14.4. The summed E-state index contributed by atoms with van der Waals surface area (Å²) in [5.74, 6) is -5.40. The Hall–Kier alpha value is -2.28. The molecule has 0 aromatic heterocycles. The Balaban J connectivity index is 1.03. The molecule has 0 spiro atoms. The molecule has 0 aromatic carbocycles. The highest BCUT2D eigenvalue weighted by atomic mass is 16.6. The van der Waals surface area contributed by atoms with Gasteiger partial charge in [-0.15, -0.1) is 0 Å². The quantitative estimate of drug-likeness (QED) is 0.115. The molecular weight excluding hydrogens is 624 g/mol. The van der Waals surface area contributed by atoms with E-state index in [1.54, 1.807) is 6.92 Å². The summed E-state index contributed by atoms with van der Waals surface area (Å²) in [5.41, 5.74) is -2.66. The third-order valence-electron chi connectivity index (χ3n) is 12.4. The number of fused-ring (bicyclic) bond motifs is 4. The Kier molecular flexibility index (Phi) is 9.22. The maximum Gasteiger partial charge on any atom is 0.336 e. The zero-order chi connectivity index (χ0) is 33.0. The van der Waals surface area contributed by atoms with Crippen LogP contribution in [0.5, 0.6) is 0 Å². The Labute approximate surface area is 281 Å². The molecule has 0 N–H and O–H groups in total. The van der Waals surface area contributed by atoms with Gasteiger partial charge in [0.05, 0.1) is 81.2 Å². The monoisotopic (exact) mass is 674 g/mol. The summed E-state index contributed by atoms with van der Waals surface area (Å²) in [4.78, 5) is 57.3. The van der Waals surface area contributed by atoms with Gasteiger partial charge in [0.1, 0.15) is 0 Å². The van der Waals surface area contributed by atoms with Crippen LogP contribution in [-0.2, 0) is 57.1 Å². The van der Waals surface area contributed by atoms with Crippen LogP contribution in [0.25, 0.3) is 0 Å². The summed E-state index contributed by atoms with van der Waals surface area (Å²) in [5, 5.41) is 0. The zero-order valence-electron chi connectivity index (χ0n) is 27.9. The van der Waals surface area contributed by atoms with Crippen molar-refractivity contribution in [1.82, 2.24) is 0 Å². The lowest BCUT2D eigenvalue weighted by atomic mass is 9.73. The van der Waals surface area contributed by atoms with Crippen LogP contribution in [0.1, 0.15) is 90.4 Å². The predicted octanol–water partition coefficient (Wildman–Crippen LogP) is 3.44. The highest BCUT2D eigenvalue weighted by Gasteiger charge is 2.66. The molecular formula is C36H50O12. The molecule has 8 fully saturated rings. The molecule has 266 valence electrons. The minimum atomic E-state index is -2.66. The highest BCUT2D eigenvalue weighted by Crippen LogP contribution is 2.44. The molecule has 0 radical (unpaired) electrons. The molecule has 13 atom stereocenters. The largest absolute Gasteiger partial charge is 0.465 e. The van der Waals surface area contributed by atoms with E-state index in [9.17, 15) is 19.2 Å². The topological polar surface area (TPSA) is 155 Å². The third kappa shape index (κ3) is 6.88. The van der Waals surface area contributed by atoms with Gasteiger partial charge in [-0.05, 0) is 107 Å². The van der Waals surface area contributed by atoms with Crippen molar-refractivity contribution >= 4 is 23.9 Å². The lowest BCUT2D eigenvalue weighted by molar-refractivity contribution is -0.196. The Bertz CT molecular complexity index is 1150. The van der Waals surface area contributed by atoms with Crippen LogP contribution in [0.4, 0.5) is 0 Å². The van der Waals surface area contributed by atoms with Crippen LogP contribution in [-0.4, -0.2) is 99.1 Å². The van der Waals surface area contributed by atoms with Crippen LogP contribution >= 0.6 is 0 Å². The molecule has 0 amide bonds. The van der Waals surface area contributed by atoms with E-state index in [2.05, 4.69) is 0 Å². The lowest BCUT2D eigenvalue weighted by Gasteiger charge is -2.34. The molecule has 4 heterocycles. The van der Waals surface area contributed by atoms with E-state index in [-0.39, 0.29) is 99.2 Å². The summed E-state index contributed by atoms with van der Waals surface area (Å²) in [6.45, 7) is 1.82. The summed E-state index contributed by atoms with van der Waals surface area (Å²) in [6.07, 6.45) is 11.6. The van der Waals surface area contributed by atoms with Gasteiger partial charge >= 0.3 is 23.9 Å². The average molecular weight is 675 g/mol. The second-order valence-corrected chi connectivity index (χ2v) is 15.8. The molecule has 4 saturated heterocycles. The summed E-state index contributed by atoms with van der Waals surface area (Å²) in [7, 11) is 0. The van der Waals surface area contributed by atoms with Gasteiger partial charge in [-0.3, -0.25) is 19.2 Å². The van der Waals surface area contributed by atoms with Crippen molar-refractivity contribution in [2.75, 3.05) is 26.4 Å². The molecule has 8 rings (SSSR count). The molecule has 12 nitrogen and oxygen atoms in total. The minimum Gasteiger partial charge on any atom is -0.465 e. The number of rotatable bonds is 14. The van der Waals surface area contributed by atoms with Crippen LogP contribution in [0.15, 0.2) is 0 Å². The SMILES string of the molecule is CCC(C(=O)OCC1CCC2OC2C1)C(C(=O)OCC1CCC2OC2C1)(C(=O)OCC1CCC2OC2C1)C(=O)OCC1CCC2OC2C1. The average Bonchev–Trinajstić information content (AvgIpc) is 3.92. The van der Waals surface area contributed by atoms with Crippen LogP contribution in [0.3, 0.4) is 0 Å². The van der Waals surface area contributed by atoms with Gasteiger partial charge in [-0.2, -0.15) is 0 Å². The molecule has 13 unspecified atom stereocenters. The first-order valence-electron chi connectivity index (χ1n) is 18.6. The van der Waals surface area contributed by atoms with E-state index in [0.717, 1.165) is 77.0 Å². The van der Waals surface area contributed by atoms with Crippen molar-refractivity contribution in [3.63, 3.8) is 0 Å². The van der Waals surface area contributed by atoms with Crippen molar-refractivity contribution in [2.45, 2.75) is 139 Å². The fraction of sp³-hybridized carbons (Fsp3) is 0.889. The second kappa shape index (κ2) is 13.5. The highest BCUT2D eigenvalue weighted by molar-refractivity contribution is 6.20. The van der Waals surface area contributed by atoms with E-state index in [1.165, 1.54) is 0 Å². The molecule has 4 saturated carbocycles. The number of esters is 4. The Morgan fingerprint density at radius 3 is 1.10 bits per heavy atom. The van der Waals surface area contributed by atoms with Gasteiger partial charge in [0.25, 0.3) is 5.41 Å². The van der Waals surface area contributed by atoms with Crippen molar-refractivity contribution < 1.29 is 57.1 Å². The van der Waals surface area contributed by atoms with Gasteiger partial charge in [-0.1, -0.05) is 6.92 Å². The van der Waals surface area contributed by atoms with Crippen LogP contribution < -0.4 is 0 Å². The minimum absolute atomic E-state index is 0.00982. The number of hydrogen-bond acceptors (Lipinski definition) is 12. The summed E-state index contributed by atoms with van der Waals surface area (Å²) in [6, 6.07) is 0. The van der Waals surface area contributed by atoms with Crippen molar-refractivity contribution in [1.29, 1.82) is 0 Å². The number of carbonyl (C=O) groups excluding carboxylic acids is 4. The fourth-order valence-electron chi connectivity index (χ4n) is 9.10. The first-order chi connectivity index (χ1) is 23.3. The van der Waals surface area contributed by atoms with Crippen LogP contribution in [0.2, 0.25) is 0 Å². The Morgan fingerprint density at radius 1 is 0.500 bits per heavy atom. The van der Waals surface area contributed by atoms with E-state index in [4.69, 9.17) is 37.9 Å². The van der Waals surface area contributed by atoms with E-state index < -0.39 is 35.2 Å². The second-order valence-electron chi connectivity index (χ2n) is 15.8. The van der Waals surface area contributed by atoms with E-state index >= 15 is 0 Å². The maximum absolute atomic E-state index is 14.4. The zero-order valence-corrected chi connectivity index (χ0v) is 27.9. The molecule has 4 aliphatic carbocycles. The van der Waals surface area contributed by atoms with Gasteiger partial charge in [0.2, 0.25) is 0 Å². The number of ether oxygens (including phenoxy) is 8. The molecule has 0 aromatic rings.